The average Bonchev–Trinajstić information content (AvgIpc) is 3.42. The van der Waals surface area contributed by atoms with E-state index in [1.165, 1.54) is 199 Å². The maximum atomic E-state index is 12.9. The molecular formula is C70H124O6. The Labute approximate surface area is 472 Å². The van der Waals surface area contributed by atoms with Gasteiger partial charge in [-0.15, -0.1) is 0 Å². The van der Waals surface area contributed by atoms with Crippen LogP contribution in [-0.4, -0.2) is 37.2 Å². The van der Waals surface area contributed by atoms with Crippen molar-refractivity contribution in [2.75, 3.05) is 13.2 Å². The molecule has 0 aliphatic heterocycles. The summed E-state index contributed by atoms with van der Waals surface area (Å²) in [5.74, 6) is -0.868. The van der Waals surface area contributed by atoms with Gasteiger partial charge in [-0.05, 0) is 89.9 Å². The molecule has 0 fully saturated rings. The molecule has 0 aromatic heterocycles. The quantitative estimate of drug-likeness (QED) is 0.0261. The van der Waals surface area contributed by atoms with Gasteiger partial charge in [0.05, 0.1) is 0 Å². The minimum atomic E-state index is -0.775. The molecular weight excluding hydrogens is 937 g/mol. The van der Waals surface area contributed by atoms with Crippen molar-refractivity contribution in [2.24, 2.45) is 0 Å². The Hall–Kier alpha value is -3.15. The zero-order valence-corrected chi connectivity index (χ0v) is 50.5. The number of carbonyl (C=O) groups is 3. The molecule has 0 bridgehead atoms. The van der Waals surface area contributed by atoms with Gasteiger partial charge in [-0.25, -0.2) is 0 Å². The van der Waals surface area contributed by atoms with E-state index in [0.29, 0.717) is 19.3 Å². The Morgan fingerprint density at radius 1 is 0.276 bits per heavy atom. The van der Waals surface area contributed by atoms with Crippen LogP contribution in [0.5, 0.6) is 0 Å². The number of unbranched alkanes of at least 4 members (excludes halogenated alkanes) is 37. The van der Waals surface area contributed by atoms with Gasteiger partial charge in [0.1, 0.15) is 13.2 Å². The standard InChI is InChI=1S/C70H124O6/c1-4-7-10-13-16-19-21-23-25-27-28-29-30-31-32-33-34-35-36-37-38-39-40-41-42-43-45-46-48-51-54-57-60-63-69(72)75-66-67(65-74-68(71)62-59-56-53-50-18-15-12-9-6-3)76-70(73)64-61-58-55-52-49-47-44-26-24-22-20-17-14-11-8-5-2/h7,10,16,19,23,25-26,28-29,31-32,44,67H,4-6,8-9,11-15,17-18,20-22,24,27,30,33-43,45-66H2,1-3H3/b10-7-,19-16-,25-23-,29-28-,32-31-,44-26-. The third kappa shape index (κ3) is 61.7. The van der Waals surface area contributed by atoms with Crippen LogP contribution < -0.4 is 0 Å². The van der Waals surface area contributed by atoms with Gasteiger partial charge >= 0.3 is 17.9 Å². The van der Waals surface area contributed by atoms with Crippen LogP contribution >= 0.6 is 0 Å². The predicted octanol–water partition coefficient (Wildman–Crippen LogP) is 22.5. The molecule has 0 aromatic carbocycles. The van der Waals surface area contributed by atoms with E-state index >= 15 is 0 Å². The van der Waals surface area contributed by atoms with Gasteiger partial charge in [-0.2, -0.15) is 0 Å². The van der Waals surface area contributed by atoms with Crippen LogP contribution in [-0.2, 0) is 28.6 Å². The fraction of sp³-hybridized carbons (Fsp3) is 0.786. The lowest BCUT2D eigenvalue weighted by molar-refractivity contribution is -0.167. The van der Waals surface area contributed by atoms with E-state index in [4.69, 9.17) is 14.2 Å². The number of hydrogen-bond donors (Lipinski definition) is 0. The highest BCUT2D eigenvalue weighted by Crippen LogP contribution is 2.17. The molecule has 76 heavy (non-hydrogen) atoms. The molecule has 1 unspecified atom stereocenters. The molecule has 440 valence electrons. The molecule has 0 radical (unpaired) electrons. The van der Waals surface area contributed by atoms with E-state index in [1.54, 1.807) is 0 Å². The van der Waals surface area contributed by atoms with Gasteiger partial charge in [0.25, 0.3) is 0 Å². The summed E-state index contributed by atoms with van der Waals surface area (Å²) in [6, 6.07) is 0. The monoisotopic (exact) mass is 1060 g/mol. The van der Waals surface area contributed by atoms with Crippen LogP contribution in [0.2, 0.25) is 0 Å². The van der Waals surface area contributed by atoms with Gasteiger partial charge < -0.3 is 14.2 Å². The Morgan fingerprint density at radius 3 is 0.816 bits per heavy atom. The SMILES string of the molecule is CC/C=C\C/C=C\C/C=C\C/C=C\C/C=C\CCCCCCCCCCCCCCCCCCCC(=O)OCC(COC(=O)CCCCCCCCCCC)OC(=O)CCCCCCC/C=C\CCCCCCCCC. The summed E-state index contributed by atoms with van der Waals surface area (Å²) in [5.41, 5.74) is 0. The number of esters is 3. The molecule has 0 N–H and O–H groups in total. The van der Waals surface area contributed by atoms with Gasteiger partial charge in [-0.1, -0.05) is 299 Å². The minimum absolute atomic E-state index is 0.0733. The Kier molecular flexibility index (Phi) is 61.7. The Balaban J connectivity index is 4.07. The van der Waals surface area contributed by atoms with Crippen molar-refractivity contribution in [1.82, 2.24) is 0 Å². The molecule has 0 aliphatic carbocycles. The first-order chi connectivity index (χ1) is 37.5. The van der Waals surface area contributed by atoms with Crippen molar-refractivity contribution in [3.05, 3.63) is 72.9 Å². The van der Waals surface area contributed by atoms with Crippen LogP contribution in [0.1, 0.15) is 335 Å². The molecule has 0 aliphatic rings. The van der Waals surface area contributed by atoms with E-state index in [1.807, 2.05) is 0 Å². The van der Waals surface area contributed by atoms with Gasteiger partial charge in [0.2, 0.25) is 0 Å². The first kappa shape index (κ1) is 72.8. The van der Waals surface area contributed by atoms with Gasteiger partial charge in [0, 0.05) is 19.3 Å². The second-order valence-electron chi connectivity index (χ2n) is 22.0. The molecule has 1 atom stereocenters. The maximum absolute atomic E-state index is 12.9. The third-order valence-corrected chi connectivity index (χ3v) is 14.4. The number of ether oxygens (including phenoxy) is 3. The largest absolute Gasteiger partial charge is 0.462 e. The number of allylic oxidation sites excluding steroid dienone is 12. The van der Waals surface area contributed by atoms with E-state index in [0.717, 1.165) is 96.3 Å². The average molecular weight is 1060 g/mol. The summed E-state index contributed by atoms with van der Waals surface area (Å²) in [7, 11) is 0. The van der Waals surface area contributed by atoms with Crippen LogP contribution in [0.3, 0.4) is 0 Å². The van der Waals surface area contributed by atoms with Crippen LogP contribution in [0.15, 0.2) is 72.9 Å². The smallest absolute Gasteiger partial charge is 0.306 e. The number of hydrogen-bond acceptors (Lipinski definition) is 6. The zero-order valence-electron chi connectivity index (χ0n) is 50.5. The van der Waals surface area contributed by atoms with Gasteiger partial charge in [0.15, 0.2) is 6.10 Å². The Morgan fingerprint density at radius 2 is 0.513 bits per heavy atom. The van der Waals surface area contributed by atoms with Crippen molar-refractivity contribution in [3.8, 4) is 0 Å². The predicted molar refractivity (Wildman–Crippen MR) is 330 cm³/mol. The van der Waals surface area contributed by atoms with Crippen LogP contribution in [0.25, 0.3) is 0 Å². The van der Waals surface area contributed by atoms with E-state index in [-0.39, 0.29) is 31.1 Å². The van der Waals surface area contributed by atoms with Crippen molar-refractivity contribution < 1.29 is 28.6 Å². The minimum Gasteiger partial charge on any atom is -0.462 e. The van der Waals surface area contributed by atoms with E-state index < -0.39 is 6.10 Å². The first-order valence-corrected chi connectivity index (χ1v) is 32.9. The van der Waals surface area contributed by atoms with Crippen molar-refractivity contribution >= 4 is 17.9 Å². The number of rotatable bonds is 60. The highest BCUT2D eigenvalue weighted by Gasteiger charge is 2.19. The van der Waals surface area contributed by atoms with Crippen LogP contribution in [0, 0.1) is 0 Å². The molecule has 0 saturated heterocycles. The Bertz CT molecular complexity index is 1400. The fourth-order valence-corrected chi connectivity index (χ4v) is 9.53. The molecule has 0 rings (SSSR count). The maximum Gasteiger partial charge on any atom is 0.306 e. The summed E-state index contributed by atoms with van der Waals surface area (Å²) < 4.78 is 16.9. The second-order valence-corrected chi connectivity index (χ2v) is 22.0. The summed E-state index contributed by atoms with van der Waals surface area (Å²) >= 11 is 0. The van der Waals surface area contributed by atoms with E-state index in [2.05, 4.69) is 93.7 Å². The number of carbonyl (C=O) groups excluding carboxylic acids is 3. The normalized spacial score (nSPS) is 12.5. The zero-order chi connectivity index (χ0) is 55.0. The lowest BCUT2D eigenvalue weighted by Gasteiger charge is -2.18. The summed E-state index contributed by atoms with van der Waals surface area (Å²) in [4.78, 5) is 38.1. The highest BCUT2D eigenvalue weighted by molar-refractivity contribution is 5.71. The summed E-state index contributed by atoms with van der Waals surface area (Å²) in [5, 5.41) is 0. The lowest BCUT2D eigenvalue weighted by Crippen LogP contribution is -2.30. The second kappa shape index (κ2) is 64.4. The highest BCUT2D eigenvalue weighted by atomic mass is 16.6. The fourth-order valence-electron chi connectivity index (χ4n) is 9.53. The molecule has 0 amide bonds. The summed E-state index contributed by atoms with van der Waals surface area (Å²) in [6.07, 6.45) is 83.6. The summed E-state index contributed by atoms with van der Waals surface area (Å²) in [6.45, 7) is 6.53. The molecule has 0 aromatic rings. The van der Waals surface area contributed by atoms with Crippen molar-refractivity contribution in [3.63, 3.8) is 0 Å². The topological polar surface area (TPSA) is 78.9 Å². The molecule has 0 spiro atoms. The molecule has 0 heterocycles. The molecule has 0 saturated carbocycles. The third-order valence-electron chi connectivity index (χ3n) is 14.4. The van der Waals surface area contributed by atoms with Crippen molar-refractivity contribution in [2.45, 2.75) is 341 Å². The molecule has 6 nitrogen and oxygen atoms in total. The van der Waals surface area contributed by atoms with Crippen LogP contribution in [0.4, 0.5) is 0 Å². The van der Waals surface area contributed by atoms with Crippen molar-refractivity contribution in [1.29, 1.82) is 0 Å². The van der Waals surface area contributed by atoms with E-state index in [9.17, 15) is 14.4 Å². The lowest BCUT2D eigenvalue weighted by atomic mass is 10.0. The molecule has 6 heteroatoms. The first-order valence-electron chi connectivity index (χ1n) is 32.9. The van der Waals surface area contributed by atoms with Gasteiger partial charge in [-0.3, -0.25) is 14.4 Å².